The van der Waals surface area contributed by atoms with Gasteiger partial charge in [0.2, 0.25) is 5.69 Å². The van der Waals surface area contributed by atoms with Gasteiger partial charge in [-0.2, -0.15) is 13.7 Å². The first kappa shape index (κ1) is 42.1. The quantitative estimate of drug-likeness (QED) is 0.125. The second-order valence-corrected chi connectivity index (χ2v) is 26.6. The van der Waals surface area contributed by atoms with Gasteiger partial charge in [-0.15, -0.1) is 0 Å². The summed E-state index contributed by atoms with van der Waals surface area (Å²) in [7, 11) is -1.71. The average Bonchev–Trinajstić information content (AvgIpc) is 3.88. The molecule has 0 radical (unpaired) electrons. The number of rotatable bonds is 5. The molecule has 2 unspecified atom stereocenters. The molecule has 12 rings (SSSR count). The number of furan rings is 1. The van der Waals surface area contributed by atoms with Crippen molar-refractivity contribution in [3.63, 3.8) is 0 Å². The molecule has 0 fully saturated rings. The summed E-state index contributed by atoms with van der Waals surface area (Å²) in [4.78, 5) is 0. The van der Waals surface area contributed by atoms with Gasteiger partial charge in [0.15, 0.2) is 28.9 Å². The van der Waals surface area contributed by atoms with Crippen LogP contribution in [0.15, 0.2) is 145 Å². The number of fused-ring (bicyclic) bond motifs is 17. The Hall–Kier alpha value is -6.30. The van der Waals surface area contributed by atoms with E-state index in [4.69, 9.17) is 11.0 Å². The zero-order valence-electron chi connectivity index (χ0n) is 40.4. The number of aryl methyl sites for hydroxylation is 1. The molecule has 3 aliphatic rings. The van der Waals surface area contributed by atoms with Crippen molar-refractivity contribution in [1.29, 1.82) is 0 Å². The molecular formula is C62H63N3OSi+2. The number of benzene rings is 6. The predicted octanol–water partition coefficient (Wildman–Crippen LogP) is 14.9. The van der Waals surface area contributed by atoms with E-state index in [1.807, 2.05) is 0 Å². The Morgan fingerprint density at radius 2 is 1.39 bits per heavy atom. The summed E-state index contributed by atoms with van der Waals surface area (Å²) in [5, 5.41) is 3.96. The molecular weight excluding hydrogens is 831 g/mol. The van der Waals surface area contributed by atoms with Gasteiger partial charge < -0.3 is 4.42 Å². The van der Waals surface area contributed by atoms with Crippen molar-refractivity contribution in [2.45, 2.75) is 116 Å². The summed E-state index contributed by atoms with van der Waals surface area (Å²) in [6.45, 7) is 22.4. The van der Waals surface area contributed by atoms with Crippen LogP contribution >= 0.6 is 0 Å². The zero-order chi connectivity index (χ0) is 45.9. The molecule has 0 amide bonds. The first-order valence-electron chi connectivity index (χ1n) is 25.1. The van der Waals surface area contributed by atoms with Gasteiger partial charge in [0, 0.05) is 38.6 Å². The van der Waals surface area contributed by atoms with Crippen molar-refractivity contribution in [2.24, 2.45) is 0 Å². The van der Waals surface area contributed by atoms with Crippen LogP contribution in [0, 0.1) is 0 Å². The third-order valence-corrected chi connectivity index (χ3v) is 17.8. The number of nitrogens with zero attached hydrogens (tertiary/aromatic N) is 3. The van der Waals surface area contributed by atoms with E-state index in [1.165, 1.54) is 86.2 Å². The third-order valence-electron chi connectivity index (χ3n) is 15.7. The maximum Gasteiger partial charge on any atom is 0.304 e. The molecule has 67 heavy (non-hydrogen) atoms. The Balaban J connectivity index is 1.20. The minimum atomic E-state index is -1.71. The van der Waals surface area contributed by atoms with Crippen LogP contribution in [0.4, 0.5) is 0 Å². The Morgan fingerprint density at radius 3 is 2.15 bits per heavy atom. The SMILES string of the molecule is C=C1CC2C(CCc3ccc4c(oc5ccccc54)c3-c3n(-c4c(C(C)C)cc(-c5ccccc5)cc4C(C)C)c4ccccc4[n+]31)c1ccccc1-c1c3c(c([Si](C)(C)C)c[n+]12)CCCC3. The first-order chi connectivity index (χ1) is 32.5. The molecule has 5 heterocycles. The smallest absolute Gasteiger partial charge is 0.304 e. The fraction of sp³-hybridized carbons (Fsp3) is 0.290. The summed E-state index contributed by atoms with van der Waals surface area (Å²) in [5.41, 5.74) is 22.0. The molecule has 5 heteroatoms. The Morgan fingerprint density at radius 1 is 0.701 bits per heavy atom. The van der Waals surface area contributed by atoms with Crippen LogP contribution in [0.2, 0.25) is 19.6 Å². The Kier molecular flexibility index (Phi) is 9.99. The van der Waals surface area contributed by atoms with Gasteiger partial charge in [-0.3, -0.25) is 0 Å². The van der Waals surface area contributed by atoms with E-state index < -0.39 is 8.07 Å². The topological polar surface area (TPSA) is 25.8 Å². The van der Waals surface area contributed by atoms with E-state index in [0.717, 1.165) is 59.1 Å². The minimum absolute atomic E-state index is 0.196. The van der Waals surface area contributed by atoms with Crippen LogP contribution in [0.3, 0.4) is 0 Å². The van der Waals surface area contributed by atoms with Crippen LogP contribution in [-0.4, -0.2) is 12.6 Å². The van der Waals surface area contributed by atoms with Gasteiger partial charge in [0.05, 0.1) is 20.1 Å². The number of hydrogen-bond acceptors (Lipinski definition) is 1. The molecule has 0 saturated carbocycles. The van der Waals surface area contributed by atoms with Crippen LogP contribution in [0.1, 0.15) is 111 Å². The van der Waals surface area contributed by atoms with Crippen molar-refractivity contribution < 1.29 is 13.6 Å². The Labute approximate surface area is 397 Å². The number of allylic oxidation sites excluding steroid dienone is 1. The first-order valence-corrected chi connectivity index (χ1v) is 28.6. The zero-order valence-corrected chi connectivity index (χ0v) is 41.4. The molecule has 6 aromatic carbocycles. The lowest BCUT2D eigenvalue weighted by molar-refractivity contribution is -0.719. The summed E-state index contributed by atoms with van der Waals surface area (Å²) >= 11 is 0. The monoisotopic (exact) mass is 893 g/mol. The van der Waals surface area contributed by atoms with Crippen molar-refractivity contribution >= 4 is 51.9 Å². The van der Waals surface area contributed by atoms with Crippen molar-refractivity contribution in [3.05, 3.63) is 174 Å². The lowest BCUT2D eigenvalue weighted by Gasteiger charge is -2.35. The third kappa shape index (κ3) is 6.59. The van der Waals surface area contributed by atoms with Crippen LogP contribution in [0.25, 0.3) is 78.1 Å². The molecule has 2 aliphatic heterocycles. The number of imidazole rings is 1. The molecule has 9 aromatic rings. The molecule has 334 valence electrons. The Bertz CT molecular complexity index is 3440. The van der Waals surface area contributed by atoms with E-state index >= 15 is 0 Å². The van der Waals surface area contributed by atoms with E-state index in [0.29, 0.717) is 5.92 Å². The van der Waals surface area contributed by atoms with Gasteiger partial charge in [-0.25, -0.2) is 0 Å². The molecule has 0 bridgehead atoms. The van der Waals surface area contributed by atoms with E-state index in [1.54, 1.807) is 16.3 Å². The second-order valence-electron chi connectivity index (χ2n) is 21.5. The minimum Gasteiger partial charge on any atom is -0.455 e. The van der Waals surface area contributed by atoms with Gasteiger partial charge in [-0.05, 0) is 115 Å². The summed E-state index contributed by atoms with van der Waals surface area (Å²) in [6, 6.07) is 48.0. The highest BCUT2D eigenvalue weighted by atomic mass is 28.3. The molecule has 0 N–H and O–H groups in total. The van der Waals surface area contributed by atoms with Gasteiger partial charge in [0.1, 0.15) is 22.5 Å². The van der Waals surface area contributed by atoms with Crippen LogP contribution < -0.4 is 14.3 Å². The molecule has 1 aliphatic carbocycles. The highest BCUT2D eigenvalue weighted by molar-refractivity contribution is 6.89. The summed E-state index contributed by atoms with van der Waals surface area (Å²) < 4.78 is 15.2. The lowest BCUT2D eigenvalue weighted by Crippen LogP contribution is -2.55. The number of aromatic nitrogens is 3. The van der Waals surface area contributed by atoms with Gasteiger partial charge in [0.25, 0.3) is 0 Å². The van der Waals surface area contributed by atoms with Gasteiger partial charge >= 0.3 is 5.82 Å². The fourth-order valence-corrected chi connectivity index (χ4v) is 14.3. The normalized spacial score (nSPS) is 17.1. The lowest BCUT2D eigenvalue weighted by atomic mass is 9.75. The molecule has 0 saturated heterocycles. The highest BCUT2D eigenvalue weighted by Crippen LogP contribution is 2.49. The van der Waals surface area contributed by atoms with Crippen molar-refractivity contribution in [1.82, 2.24) is 4.57 Å². The highest BCUT2D eigenvalue weighted by Gasteiger charge is 2.47. The maximum absolute atomic E-state index is 7.18. The average molecular weight is 894 g/mol. The number of para-hydroxylation sites is 3. The molecule has 0 spiro atoms. The van der Waals surface area contributed by atoms with Crippen molar-refractivity contribution in [2.75, 3.05) is 0 Å². The maximum atomic E-state index is 7.18. The molecule has 3 aromatic heterocycles. The number of pyridine rings is 1. The van der Waals surface area contributed by atoms with Crippen molar-refractivity contribution in [3.8, 4) is 39.5 Å². The predicted molar refractivity (Wildman–Crippen MR) is 282 cm³/mol. The van der Waals surface area contributed by atoms with E-state index in [9.17, 15) is 0 Å². The van der Waals surface area contributed by atoms with E-state index in [-0.39, 0.29) is 17.9 Å². The summed E-state index contributed by atoms with van der Waals surface area (Å²) in [5.74, 6) is 1.94. The van der Waals surface area contributed by atoms with Crippen LogP contribution in [0.5, 0.6) is 0 Å². The standard InChI is InChI=1S/C62H63N3OSi/c1-38(2)51-35-43(41-20-10-9-11-21-41)36-52(39(3)4)60(51)65-54-28-18-17-27-53(54)64-40(5)34-55-45(32-30-42-31-33-50-46-23-16-19-29-56(46)66-61(50)58(42)62(64)65)44-22-12-14-25-48(44)59-49-26-15-13-24-47(49)57(37-63(55)59)67(6,7)8/h9-12,14,16-23,25,27-29,31,33,35-39,45,55H,5,13,15,24,26,30,32,34H2,1-4,6-8H3/q+2. The second kappa shape index (κ2) is 15.9. The molecule has 2 atom stereocenters. The van der Waals surface area contributed by atoms with Crippen LogP contribution in [-0.2, 0) is 19.3 Å². The molecule has 4 nitrogen and oxygen atoms in total. The fourth-order valence-electron chi connectivity index (χ4n) is 12.6. The van der Waals surface area contributed by atoms with Gasteiger partial charge in [-0.1, -0.05) is 145 Å². The largest absolute Gasteiger partial charge is 0.455 e. The summed E-state index contributed by atoms with van der Waals surface area (Å²) in [6.07, 6.45) is 10.3. The number of hydrogen-bond donors (Lipinski definition) is 0. The van der Waals surface area contributed by atoms with E-state index in [2.05, 4.69) is 195 Å².